The number of fused-ring (bicyclic) bond motifs is 1. The maximum atomic E-state index is 5.64. The van der Waals surface area contributed by atoms with Gasteiger partial charge < -0.3 is 0 Å². The van der Waals surface area contributed by atoms with E-state index in [1.807, 2.05) is 0 Å². The van der Waals surface area contributed by atoms with Crippen LogP contribution in [0.1, 0.15) is 11.3 Å². The second-order valence-electron chi connectivity index (χ2n) is 2.27. The van der Waals surface area contributed by atoms with Gasteiger partial charge in [0.05, 0.1) is 5.69 Å². The van der Waals surface area contributed by atoms with Crippen molar-refractivity contribution >= 4 is 37.8 Å². The van der Waals surface area contributed by atoms with E-state index in [0.29, 0.717) is 5.28 Å². The Morgan fingerprint density at radius 2 is 2.36 bits per heavy atom. The first-order chi connectivity index (χ1) is 5.27. The molecule has 0 fully saturated rings. The molecule has 1 aliphatic rings. The van der Waals surface area contributed by atoms with Crippen LogP contribution in [0.5, 0.6) is 0 Å². The minimum absolute atomic E-state index is 0.327. The zero-order chi connectivity index (χ0) is 7.84. The lowest BCUT2D eigenvalue weighted by Crippen LogP contribution is -1.90. The molecule has 0 unspecified atom stereocenters. The maximum absolute atomic E-state index is 5.64. The van der Waals surface area contributed by atoms with E-state index in [2.05, 4.69) is 38.6 Å². The van der Waals surface area contributed by atoms with Gasteiger partial charge in [0.1, 0.15) is 0 Å². The van der Waals surface area contributed by atoms with E-state index in [1.54, 1.807) is 6.20 Å². The molecule has 0 saturated heterocycles. The van der Waals surface area contributed by atoms with Gasteiger partial charge in [0.25, 0.3) is 0 Å². The van der Waals surface area contributed by atoms with Crippen LogP contribution in [0.2, 0.25) is 5.28 Å². The first-order valence-corrected chi connectivity index (χ1v) is 4.60. The van der Waals surface area contributed by atoms with E-state index in [9.17, 15) is 0 Å². The van der Waals surface area contributed by atoms with E-state index in [4.69, 9.17) is 11.6 Å². The lowest BCUT2D eigenvalue weighted by atomic mass is 10.3. The Morgan fingerprint density at radius 3 is 3.18 bits per heavy atom. The van der Waals surface area contributed by atoms with Gasteiger partial charge in [0.2, 0.25) is 5.28 Å². The van der Waals surface area contributed by atoms with Gasteiger partial charge in [-0.15, -0.1) is 0 Å². The third-order valence-electron chi connectivity index (χ3n) is 1.56. The van der Waals surface area contributed by atoms with Crippen molar-refractivity contribution in [2.45, 2.75) is 6.42 Å². The molecule has 0 aliphatic heterocycles. The van der Waals surface area contributed by atoms with Crippen LogP contribution in [0.3, 0.4) is 0 Å². The molecule has 0 saturated carbocycles. The molecule has 2 nitrogen and oxygen atoms in total. The highest BCUT2D eigenvalue weighted by molar-refractivity contribution is 14.1. The van der Waals surface area contributed by atoms with Crippen LogP contribution in [0, 0.1) is 0 Å². The number of allylic oxidation sites excluding steroid dienone is 1. The van der Waals surface area contributed by atoms with Crippen LogP contribution < -0.4 is 0 Å². The highest BCUT2D eigenvalue weighted by Gasteiger charge is 2.13. The molecule has 1 heterocycles. The zero-order valence-corrected chi connectivity index (χ0v) is 8.43. The average Bonchev–Trinajstić information content (AvgIpc) is 2.33. The minimum Gasteiger partial charge on any atom is -0.226 e. The number of halogens is 2. The first kappa shape index (κ1) is 7.49. The summed E-state index contributed by atoms with van der Waals surface area (Å²) in [5.41, 5.74) is 2.16. The fourth-order valence-electron chi connectivity index (χ4n) is 1.04. The normalized spacial score (nSPS) is 14.5. The molecule has 2 rings (SSSR count). The maximum Gasteiger partial charge on any atom is 0.222 e. The third kappa shape index (κ3) is 1.27. The molecule has 0 atom stereocenters. The van der Waals surface area contributed by atoms with Gasteiger partial charge in [-0.1, -0.05) is 6.08 Å². The summed E-state index contributed by atoms with van der Waals surface area (Å²) in [6.45, 7) is 0. The standard InChI is InChI=1S/C7H4ClIN2/c8-7-10-3-4-1-2-5(9)6(4)11-7/h2-3H,1H2. The number of aromatic nitrogens is 2. The molecule has 1 aromatic rings. The Morgan fingerprint density at radius 1 is 1.55 bits per heavy atom. The van der Waals surface area contributed by atoms with Crippen LogP contribution in [0.4, 0.5) is 0 Å². The van der Waals surface area contributed by atoms with Gasteiger partial charge in [0.15, 0.2) is 0 Å². The van der Waals surface area contributed by atoms with Gasteiger partial charge in [-0.05, 0) is 40.6 Å². The predicted molar refractivity (Wildman–Crippen MR) is 52.7 cm³/mol. The van der Waals surface area contributed by atoms with Gasteiger partial charge >= 0.3 is 0 Å². The Bertz CT molecular complexity index is 335. The lowest BCUT2D eigenvalue weighted by Gasteiger charge is -1.97. The summed E-state index contributed by atoms with van der Waals surface area (Å²) < 4.78 is 1.17. The van der Waals surface area contributed by atoms with Crippen molar-refractivity contribution in [2.24, 2.45) is 0 Å². The average molecular weight is 278 g/mol. The summed E-state index contributed by atoms with van der Waals surface area (Å²) in [4.78, 5) is 8.02. The summed E-state index contributed by atoms with van der Waals surface area (Å²) in [6.07, 6.45) is 4.84. The summed E-state index contributed by atoms with van der Waals surface area (Å²) in [7, 11) is 0. The molecule has 0 amide bonds. The smallest absolute Gasteiger partial charge is 0.222 e. The number of hydrogen-bond acceptors (Lipinski definition) is 2. The van der Waals surface area contributed by atoms with Gasteiger partial charge in [-0.25, -0.2) is 9.97 Å². The Hall–Kier alpha value is -0.160. The molecule has 11 heavy (non-hydrogen) atoms. The molecule has 4 heteroatoms. The molecule has 56 valence electrons. The Kier molecular flexibility index (Phi) is 1.85. The van der Waals surface area contributed by atoms with Crippen molar-refractivity contribution in [3.63, 3.8) is 0 Å². The summed E-state index contributed by atoms with van der Waals surface area (Å²) in [5, 5.41) is 0.327. The number of rotatable bonds is 0. The fourth-order valence-corrected chi connectivity index (χ4v) is 1.86. The van der Waals surface area contributed by atoms with Crippen molar-refractivity contribution in [2.75, 3.05) is 0 Å². The molecular formula is C7H4ClIN2. The van der Waals surface area contributed by atoms with Crippen molar-refractivity contribution in [1.29, 1.82) is 0 Å². The molecule has 0 bridgehead atoms. The van der Waals surface area contributed by atoms with Crippen LogP contribution in [-0.4, -0.2) is 9.97 Å². The third-order valence-corrected chi connectivity index (χ3v) is 2.70. The van der Waals surface area contributed by atoms with E-state index in [1.165, 1.54) is 9.14 Å². The van der Waals surface area contributed by atoms with Gasteiger partial charge in [-0.3, -0.25) is 0 Å². The van der Waals surface area contributed by atoms with E-state index in [-0.39, 0.29) is 0 Å². The molecule has 0 radical (unpaired) electrons. The van der Waals surface area contributed by atoms with Gasteiger partial charge in [0, 0.05) is 15.3 Å². The summed E-state index contributed by atoms with van der Waals surface area (Å²) in [6, 6.07) is 0. The molecule has 1 aliphatic carbocycles. The number of hydrogen-bond donors (Lipinski definition) is 0. The predicted octanol–water partition coefficient (Wildman–Crippen LogP) is 2.46. The molecule has 1 aromatic heterocycles. The first-order valence-electron chi connectivity index (χ1n) is 3.15. The minimum atomic E-state index is 0.327. The topological polar surface area (TPSA) is 25.8 Å². The SMILES string of the molecule is Clc1ncc2c(n1)C(I)=CC2. The highest BCUT2D eigenvalue weighted by atomic mass is 127. The Labute approximate surface area is 82.8 Å². The van der Waals surface area contributed by atoms with Gasteiger partial charge in [-0.2, -0.15) is 0 Å². The van der Waals surface area contributed by atoms with Crippen molar-refractivity contribution in [1.82, 2.24) is 9.97 Å². The largest absolute Gasteiger partial charge is 0.226 e. The molecule has 0 aromatic carbocycles. The molecule has 0 spiro atoms. The highest BCUT2D eigenvalue weighted by Crippen LogP contribution is 2.30. The van der Waals surface area contributed by atoms with Crippen LogP contribution in [0.15, 0.2) is 12.3 Å². The lowest BCUT2D eigenvalue weighted by molar-refractivity contribution is 1.10. The van der Waals surface area contributed by atoms with Crippen LogP contribution in [0.25, 0.3) is 3.58 Å². The Balaban J connectivity index is 2.60. The van der Waals surface area contributed by atoms with Crippen LogP contribution >= 0.6 is 34.2 Å². The molecular weight excluding hydrogens is 274 g/mol. The van der Waals surface area contributed by atoms with Crippen molar-refractivity contribution < 1.29 is 0 Å². The molecule has 0 N–H and O–H groups in total. The van der Waals surface area contributed by atoms with Crippen LogP contribution in [-0.2, 0) is 6.42 Å². The quantitative estimate of drug-likeness (QED) is 0.538. The summed E-state index contributed by atoms with van der Waals surface area (Å²) >= 11 is 7.89. The second-order valence-corrected chi connectivity index (χ2v) is 3.77. The van der Waals surface area contributed by atoms with E-state index < -0.39 is 0 Å². The second kappa shape index (κ2) is 2.71. The zero-order valence-electron chi connectivity index (χ0n) is 5.51. The van der Waals surface area contributed by atoms with Crippen molar-refractivity contribution in [3.05, 3.63) is 28.8 Å². The van der Waals surface area contributed by atoms with E-state index in [0.717, 1.165) is 12.1 Å². The number of nitrogens with zero attached hydrogens (tertiary/aromatic N) is 2. The monoisotopic (exact) mass is 278 g/mol. The summed E-state index contributed by atoms with van der Waals surface area (Å²) in [5.74, 6) is 0. The van der Waals surface area contributed by atoms with Crippen molar-refractivity contribution in [3.8, 4) is 0 Å². The van der Waals surface area contributed by atoms with E-state index >= 15 is 0 Å². The fraction of sp³-hybridized carbons (Fsp3) is 0.143.